The van der Waals surface area contributed by atoms with E-state index in [-0.39, 0.29) is 17.4 Å². The van der Waals surface area contributed by atoms with Gasteiger partial charge >= 0.3 is 0 Å². The van der Waals surface area contributed by atoms with E-state index in [1.807, 2.05) is 27.7 Å². The number of aliphatic hydroxyl groups excluding tert-OH is 1. The van der Waals surface area contributed by atoms with Gasteiger partial charge in [0.1, 0.15) is 11.6 Å². The smallest absolute Gasteiger partial charge is 0.126 e. The fraction of sp³-hybridized carbons (Fsp3) is 0.600. The Balaban J connectivity index is 2.87. The summed E-state index contributed by atoms with van der Waals surface area (Å²) < 4.78 is 32.2. The summed E-state index contributed by atoms with van der Waals surface area (Å²) in [5.41, 5.74) is -0.111. The molecule has 4 heteroatoms. The molecular formula is C15H22F2O2. The van der Waals surface area contributed by atoms with Crippen molar-refractivity contribution >= 4 is 0 Å². The summed E-state index contributed by atoms with van der Waals surface area (Å²) >= 11 is 0. The van der Waals surface area contributed by atoms with Crippen molar-refractivity contribution in [2.24, 2.45) is 5.41 Å². The van der Waals surface area contributed by atoms with Gasteiger partial charge in [0.15, 0.2) is 0 Å². The van der Waals surface area contributed by atoms with Gasteiger partial charge in [0.25, 0.3) is 0 Å². The van der Waals surface area contributed by atoms with Crippen LogP contribution in [0.4, 0.5) is 8.78 Å². The summed E-state index contributed by atoms with van der Waals surface area (Å²) in [6, 6.07) is 3.25. The molecule has 0 aliphatic heterocycles. The molecule has 2 atom stereocenters. The van der Waals surface area contributed by atoms with Gasteiger partial charge in [-0.05, 0) is 36.1 Å². The van der Waals surface area contributed by atoms with E-state index in [0.717, 1.165) is 18.2 Å². The fourth-order valence-corrected chi connectivity index (χ4v) is 2.15. The minimum absolute atomic E-state index is 0.0333. The number of hydrogen-bond donors (Lipinski definition) is 1. The summed E-state index contributed by atoms with van der Waals surface area (Å²) in [6.45, 7) is 8.13. The third-order valence-corrected chi connectivity index (χ3v) is 2.99. The lowest BCUT2D eigenvalue weighted by Crippen LogP contribution is -2.41. The number of hydrogen-bond acceptors (Lipinski definition) is 2. The van der Waals surface area contributed by atoms with E-state index in [4.69, 9.17) is 4.74 Å². The van der Waals surface area contributed by atoms with Crippen LogP contribution in [0.2, 0.25) is 0 Å². The molecule has 1 aromatic carbocycles. The molecule has 0 bridgehead atoms. The van der Waals surface area contributed by atoms with E-state index in [2.05, 4.69) is 0 Å². The van der Waals surface area contributed by atoms with Crippen molar-refractivity contribution in [2.75, 3.05) is 6.61 Å². The molecule has 0 aliphatic rings. The molecule has 0 radical (unpaired) electrons. The summed E-state index contributed by atoms with van der Waals surface area (Å²) in [5, 5.41) is 10.2. The first kappa shape index (κ1) is 16.1. The molecule has 0 amide bonds. The zero-order chi connectivity index (χ0) is 14.6. The summed E-state index contributed by atoms with van der Waals surface area (Å²) in [7, 11) is 0. The Kier molecular flexibility index (Phi) is 5.44. The maximum atomic E-state index is 13.6. The SMILES string of the molecule is CCOC(C(O)Cc1cc(F)ccc1F)C(C)(C)C. The monoisotopic (exact) mass is 272 g/mol. The van der Waals surface area contributed by atoms with Gasteiger partial charge in [-0.1, -0.05) is 20.8 Å². The van der Waals surface area contributed by atoms with Gasteiger partial charge in [-0.15, -0.1) is 0 Å². The molecular weight excluding hydrogens is 250 g/mol. The van der Waals surface area contributed by atoms with Crippen LogP contribution in [0.15, 0.2) is 18.2 Å². The topological polar surface area (TPSA) is 29.5 Å². The van der Waals surface area contributed by atoms with Crippen LogP contribution in [0.1, 0.15) is 33.3 Å². The molecule has 0 saturated carbocycles. The van der Waals surface area contributed by atoms with Crippen molar-refractivity contribution in [1.29, 1.82) is 0 Å². The van der Waals surface area contributed by atoms with Gasteiger partial charge in [0, 0.05) is 13.0 Å². The Morgan fingerprint density at radius 3 is 2.42 bits per heavy atom. The molecule has 1 N–H and O–H groups in total. The molecule has 1 rings (SSSR count). The predicted molar refractivity (Wildman–Crippen MR) is 70.9 cm³/mol. The Morgan fingerprint density at radius 2 is 1.89 bits per heavy atom. The zero-order valence-electron chi connectivity index (χ0n) is 11.9. The lowest BCUT2D eigenvalue weighted by atomic mass is 9.83. The van der Waals surface area contributed by atoms with Gasteiger partial charge < -0.3 is 9.84 Å². The molecule has 0 aromatic heterocycles. The molecule has 0 fully saturated rings. The average molecular weight is 272 g/mol. The van der Waals surface area contributed by atoms with E-state index in [1.54, 1.807) is 0 Å². The molecule has 0 spiro atoms. The Hall–Kier alpha value is -1.00. The first-order valence-electron chi connectivity index (χ1n) is 6.49. The van der Waals surface area contributed by atoms with Crippen LogP contribution >= 0.6 is 0 Å². The highest BCUT2D eigenvalue weighted by Crippen LogP contribution is 2.27. The van der Waals surface area contributed by atoms with E-state index in [9.17, 15) is 13.9 Å². The van der Waals surface area contributed by atoms with Crippen LogP contribution in [-0.2, 0) is 11.2 Å². The number of benzene rings is 1. The van der Waals surface area contributed by atoms with Crippen molar-refractivity contribution < 1.29 is 18.6 Å². The summed E-state index contributed by atoms with van der Waals surface area (Å²) in [4.78, 5) is 0. The molecule has 0 saturated heterocycles. The van der Waals surface area contributed by atoms with Crippen molar-refractivity contribution in [3.63, 3.8) is 0 Å². The molecule has 0 heterocycles. The second-order valence-corrected chi connectivity index (χ2v) is 5.75. The van der Waals surface area contributed by atoms with Crippen LogP contribution in [0.5, 0.6) is 0 Å². The van der Waals surface area contributed by atoms with E-state index >= 15 is 0 Å². The Labute approximate surface area is 113 Å². The molecule has 2 unspecified atom stereocenters. The highest BCUT2D eigenvalue weighted by Gasteiger charge is 2.32. The van der Waals surface area contributed by atoms with E-state index < -0.39 is 23.8 Å². The summed E-state index contributed by atoms with van der Waals surface area (Å²) in [5.74, 6) is -1.02. The largest absolute Gasteiger partial charge is 0.390 e. The third kappa shape index (κ3) is 4.55. The highest BCUT2D eigenvalue weighted by molar-refractivity contribution is 5.19. The molecule has 19 heavy (non-hydrogen) atoms. The van der Waals surface area contributed by atoms with Gasteiger partial charge in [0.2, 0.25) is 0 Å². The second-order valence-electron chi connectivity index (χ2n) is 5.75. The predicted octanol–water partition coefficient (Wildman–Crippen LogP) is 3.32. The maximum Gasteiger partial charge on any atom is 0.126 e. The zero-order valence-corrected chi connectivity index (χ0v) is 11.9. The molecule has 2 nitrogen and oxygen atoms in total. The Morgan fingerprint density at radius 1 is 1.26 bits per heavy atom. The van der Waals surface area contributed by atoms with E-state index in [1.165, 1.54) is 0 Å². The van der Waals surface area contributed by atoms with Crippen molar-refractivity contribution in [3.05, 3.63) is 35.4 Å². The van der Waals surface area contributed by atoms with Gasteiger partial charge in [-0.3, -0.25) is 0 Å². The molecule has 0 aliphatic carbocycles. The van der Waals surface area contributed by atoms with Gasteiger partial charge in [-0.25, -0.2) is 8.78 Å². The highest BCUT2D eigenvalue weighted by atomic mass is 19.1. The number of rotatable bonds is 5. The first-order valence-corrected chi connectivity index (χ1v) is 6.49. The van der Waals surface area contributed by atoms with Crippen LogP contribution in [0, 0.1) is 17.0 Å². The fourth-order valence-electron chi connectivity index (χ4n) is 2.15. The third-order valence-electron chi connectivity index (χ3n) is 2.99. The second kappa shape index (κ2) is 6.44. The minimum Gasteiger partial charge on any atom is -0.390 e. The summed E-state index contributed by atoms with van der Waals surface area (Å²) in [6.07, 6.45) is -1.28. The molecule has 108 valence electrons. The minimum atomic E-state index is -0.878. The number of aliphatic hydroxyl groups is 1. The van der Waals surface area contributed by atoms with Gasteiger partial charge in [-0.2, -0.15) is 0 Å². The lowest BCUT2D eigenvalue weighted by Gasteiger charge is -2.34. The Bertz CT molecular complexity index is 413. The van der Waals surface area contributed by atoms with Gasteiger partial charge in [0.05, 0.1) is 12.2 Å². The van der Waals surface area contributed by atoms with E-state index in [0.29, 0.717) is 6.61 Å². The number of halogens is 2. The van der Waals surface area contributed by atoms with Crippen LogP contribution in [0.3, 0.4) is 0 Å². The van der Waals surface area contributed by atoms with Crippen molar-refractivity contribution in [1.82, 2.24) is 0 Å². The lowest BCUT2D eigenvalue weighted by molar-refractivity contribution is -0.0875. The number of ether oxygens (including phenoxy) is 1. The van der Waals surface area contributed by atoms with Crippen LogP contribution < -0.4 is 0 Å². The van der Waals surface area contributed by atoms with Crippen molar-refractivity contribution in [2.45, 2.75) is 46.3 Å². The normalized spacial score (nSPS) is 15.3. The maximum absolute atomic E-state index is 13.6. The standard InChI is InChI=1S/C15H22F2O2/c1-5-19-14(15(2,3)4)13(18)9-10-8-11(16)6-7-12(10)17/h6-8,13-14,18H,5,9H2,1-4H3. The van der Waals surface area contributed by atoms with Crippen molar-refractivity contribution in [3.8, 4) is 0 Å². The molecule has 1 aromatic rings. The van der Waals surface area contributed by atoms with Crippen LogP contribution in [0.25, 0.3) is 0 Å². The quantitative estimate of drug-likeness (QED) is 0.891. The average Bonchev–Trinajstić information content (AvgIpc) is 2.29. The first-order chi connectivity index (χ1) is 8.75. The van der Waals surface area contributed by atoms with Crippen LogP contribution in [-0.4, -0.2) is 23.9 Å².